The van der Waals surface area contributed by atoms with Gasteiger partial charge in [0.25, 0.3) is 5.91 Å². The molecule has 1 aliphatic rings. The SMILES string of the molecule is CC(C)c1nc2cc(NC(=O)C3Oc4ccccc4OC3C)ccc2o1. The Morgan fingerprint density at radius 3 is 2.58 bits per heavy atom. The molecule has 1 N–H and O–H groups in total. The van der Waals surface area contributed by atoms with Crippen molar-refractivity contribution < 1.29 is 18.7 Å². The van der Waals surface area contributed by atoms with Gasteiger partial charge in [0.2, 0.25) is 6.10 Å². The summed E-state index contributed by atoms with van der Waals surface area (Å²) >= 11 is 0. The predicted octanol–water partition coefficient (Wildman–Crippen LogP) is 4.12. The zero-order valence-corrected chi connectivity index (χ0v) is 14.9. The summed E-state index contributed by atoms with van der Waals surface area (Å²) in [4.78, 5) is 17.1. The molecule has 3 aromatic rings. The molecule has 2 heterocycles. The van der Waals surface area contributed by atoms with E-state index in [9.17, 15) is 4.79 Å². The van der Waals surface area contributed by atoms with Gasteiger partial charge in [0.1, 0.15) is 11.6 Å². The highest BCUT2D eigenvalue weighted by Crippen LogP contribution is 2.34. The van der Waals surface area contributed by atoms with Crippen molar-refractivity contribution in [1.29, 1.82) is 0 Å². The Kier molecular flexibility index (Phi) is 4.03. The number of aromatic nitrogens is 1. The Labute approximate surface area is 151 Å². The molecule has 1 aliphatic heterocycles. The molecule has 0 radical (unpaired) electrons. The van der Waals surface area contributed by atoms with Gasteiger partial charge < -0.3 is 19.2 Å². The number of hydrogen-bond acceptors (Lipinski definition) is 5. The van der Waals surface area contributed by atoms with E-state index in [0.717, 1.165) is 0 Å². The monoisotopic (exact) mass is 352 g/mol. The van der Waals surface area contributed by atoms with Gasteiger partial charge in [-0.05, 0) is 37.3 Å². The lowest BCUT2D eigenvalue weighted by Gasteiger charge is -2.30. The molecule has 2 aromatic carbocycles. The fourth-order valence-corrected chi connectivity index (χ4v) is 2.89. The van der Waals surface area contributed by atoms with E-state index in [4.69, 9.17) is 13.9 Å². The van der Waals surface area contributed by atoms with Gasteiger partial charge in [-0.2, -0.15) is 0 Å². The number of hydrogen-bond donors (Lipinski definition) is 1. The van der Waals surface area contributed by atoms with E-state index < -0.39 is 12.2 Å². The second-order valence-electron chi connectivity index (χ2n) is 6.69. The van der Waals surface area contributed by atoms with Crippen molar-refractivity contribution in [2.75, 3.05) is 5.32 Å². The van der Waals surface area contributed by atoms with Crippen LogP contribution >= 0.6 is 0 Å². The van der Waals surface area contributed by atoms with Crippen LogP contribution in [0.2, 0.25) is 0 Å². The Bertz CT molecular complexity index is 963. The van der Waals surface area contributed by atoms with E-state index >= 15 is 0 Å². The van der Waals surface area contributed by atoms with Crippen molar-refractivity contribution in [3.63, 3.8) is 0 Å². The quantitative estimate of drug-likeness (QED) is 0.767. The van der Waals surface area contributed by atoms with E-state index in [1.807, 2.05) is 39.0 Å². The molecule has 6 nitrogen and oxygen atoms in total. The maximum atomic E-state index is 12.7. The fourth-order valence-electron chi connectivity index (χ4n) is 2.89. The summed E-state index contributed by atoms with van der Waals surface area (Å²) in [7, 11) is 0. The third-order valence-corrected chi connectivity index (χ3v) is 4.27. The lowest BCUT2D eigenvalue weighted by atomic mass is 10.1. The number of nitrogens with one attached hydrogen (secondary N) is 1. The van der Waals surface area contributed by atoms with Crippen molar-refractivity contribution in [1.82, 2.24) is 4.98 Å². The van der Waals surface area contributed by atoms with Crippen LogP contribution in [0.15, 0.2) is 46.9 Å². The molecule has 1 amide bonds. The van der Waals surface area contributed by atoms with Crippen molar-refractivity contribution in [3.8, 4) is 11.5 Å². The number of carbonyl (C=O) groups excluding carboxylic acids is 1. The molecular formula is C20H20N2O4. The lowest BCUT2D eigenvalue weighted by molar-refractivity contribution is -0.128. The third kappa shape index (κ3) is 2.98. The van der Waals surface area contributed by atoms with Gasteiger partial charge >= 0.3 is 0 Å². The molecule has 26 heavy (non-hydrogen) atoms. The number of para-hydroxylation sites is 2. The number of nitrogens with zero attached hydrogens (tertiary/aromatic N) is 1. The number of benzene rings is 2. The van der Waals surface area contributed by atoms with Crippen LogP contribution in [-0.4, -0.2) is 23.1 Å². The van der Waals surface area contributed by atoms with Gasteiger partial charge in [-0.1, -0.05) is 26.0 Å². The van der Waals surface area contributed by atoms with E-state index in [2.05, 4.69) is 10.3 Å². The van der Waals surface area contributed by atoms with Gasteiger partial charge in [0.15, 0.2) is 23.0 Å². The second kappa shape index (κ2) is 6.37. The first kappa shape index (κ1) is 16.4. The summed E-state index contributed by atoms with van der Waals surface area (Å²) < 4.78 is 17.3. The molecular weight excluding hydrogens is 332 g/mol. The third-order valence-electron chi connectivity index (χ3n) is 4.27. The molecule has 4 rings (SSSR count). The summed E-state index contributed by atoms with van der Waals surface area (Å²) in [5.41, 5.74) is 2.05. The first-order valence-corrected chi connectivity index (χ1v) is 8.65. The fraction of sp³-hybridized carbons (Fsp3) is 0.300. The van der Waals surface area contributed by atoms with Crippen LogP contribution in [0.3, 0.4) is 0 Å². The van der Waals surface area contributed by atoms with Crippen LogP contribution in [0.25, 0.3) is 11.1 Å². The Balaban J connectivity index is 1.53. The van der Waals surface area contributed by atoms with E-state index in [1.54, 1.807) is 24.3 Å². The minimum absolute atomic E-state index is 0.203. The Morgan fingerprint density at radius 2 is 1.85 bits per heavy atom. The lowest BCUT2D eigenvalue weighted by Crippen LogP contribution is -2.46. The second-order valence-corrected chi connectivity index (χ2v) is 6.69. The maximum Gasteiger partial charge on any atom is 0.269 e. The summed E-state index contributed by atoms with van der Waals surface area (Å²) in [5.74, 6) is 1.83. The van der Waals surface area contributed by atoms with Gasteiger partial charge in [-0.25, -0.2) is 4.98 Å². The van der Waals surface area contributed by atoms with Crippen molar-refractivity contribution in [2.24, 2.45) is 0 Å². The highest BCUT2D eigenvalue weighted by atomic mass is 16.6. The molecule has 0 saturated heterocycles. The van der Waals surface area contributed by atoms with Crippen LogP contribution in [-0.2, 0) is 4.79 Å². The molecule has 1 aromatic heterocycles. The van der Waals surface area contributed by atoms with Crippen LogP contribution in [0.4, 0.5) is 5.69 Å². The van der Waals surface area contributed by atoms with Crippen molar-refractivity contribution >= 4 is 22.7 Å². The molecule has 0 aliphatic carbocycles. The number of amides is 1. The average Bonchev–Trinajstić information content (AvgIpc) is 3.04. The van der Waals surface area contributed by atoms with E-state index in [0.29, 0.717) is 34.2 Å². The summed E-state index contributed by atoms with van der Waals surface area (Å²) in [6.07, 6.45) is -1.13. The number of fused-ring (bicyclic) bond motifs is 2. The zero-order valence-electron chi connectivity index (χ0n) is 14.9. The number of anilines is 1. The summed E-state index contributed by atoms with van der Waals surface area (Å²) in [6.45, 7) is 5.86. The van der Waals surface area contributed by atoms with E-state index in [-0.39, 0.29) is 11.8 Å². The zero-order chi connectivity index (χ0) is 18.3. The molecule has 0 spiro atoms. The summed E-state index contributed by atoms with van der Waals surface area (Å²) in [5, 5.41) is 2.88. The van der Waals surface area contributed by atoms with Gasteiger partial charge in [-0.3, -0.25) is 4.79 Å². The first-order chi connectivity index (χ1) is 12.5. The highest BCUT2D eigenvalue weighted by Gasteiger charge is 2.34. The summed E-state index contributed by atoms with van der Waals surface area (Å²) in [6, 6.07) is 12.7. The minimum Gasteiger partial charge on any atom is -0.482 e. The van der Waals surface area contributed by atoms with Gasteiger partial charge in [0, 0.05) is 11.6 Å². The van der Waals surface area contributed by atoms with Crippen LogP contribution in [0, 0.1) is 0 Å². The Morgan fingerprint density at radius 1 is 1.12 bits per heavy atom. The molecule has 2 unspecified atom stereocenters. The molecule has 6 heteroatoms. The topological polar surface area (TPSA) is 73.6 Å². The standard InChI is InChI=1S/C20H20N2O4/c1-11(2)20-22-14-10-13(8-9-15(14)26-20)21-19(23)18-12(3)24-16-6-4-5-7-17(16)25-18/h4-12,18H,1-3H3,(H,21,23). The van der Waals surface area contributed by atoms with E-state index in [1.165, 1.54) is 0 Å². The molecule has 0 saturated carbocycles. The average molecular weight is 352 g/mol. The van der Waals surface area contributed by atoms with Gasteiger partial charge in [-0.15, -0.1) is 0 Å². The molecule has 2 atom stereocenters. The number of ether oxygens (including phenoxy) is 2. The maximum absolute atomic E-state index is 12.7. The van der Waals surface area contributed by atoms with Crippen LogP contribution in [0.1, 0.15) is 32.6 Å². The predicted molar refractivity (Wildman–Crippen MR) is 97.7 cm³/mol. The van der Waals surface area contributed by atoms with Crippen molar-refractivity contribution in [2.45, 2.75) is 38.9 Å². The minimum atomic E-state index is -0.732. The number of carbonyl (C=O) groups is 1. The number of oxazole rings is 1. The molecule has 0 bridgehead atoms. The largest absolute Gasteiger partial charge is 0.482 e. The van der Waals surface area contributed by atoms with Gasteiger partial charge in [0.05, 0.1) is 0 Å². The first-order valence-electron chi connectivity index (χ1n) is 8.65. The van der Waals surface area contributed by atoms with Crippen LogP contribution in [0.5, 0.6) is 11.5 Å². The highest BCUT2D eigenvalue weighted by molar-refractivity contribution is 5.96. The smallest absolute Gasteiger partial charge is 0.269 e. The molecule has 134 valence electrons. The van der Waals surface area contributed by atoms with Crippen molar-refractivity contribution in [3.05, 3.63) is 48.4 Å². The Hall–Kier alpha value is -3.02. The normalized spacial score (nSPS) is 18.9. The molecule has 0 fully saturated rings. The number of rotatable bonds is 3. The van der Waals surface area contributed by atoms with Crippen LogP contribution < -0.4 is 14.8 Å².